The van der Waals surface area contributed by atoms with Crippen LogP contribution in [-0.2, 0) is 0 Å². The lowest BCUT2D eigenvalue weighted by Crippen LogP contribution is -2.36. The summed E-state index contributed by atoms with van der Waals surface area (Å²) in [5.74, 6) is 4.39. The zero-order valence-corrected chi connectivity index (χ0v) is 11.9. The predicted molar refractivity (Wildman–Crippen MR) is 77.4 cm³/mol. The molecule has 18 heavy (non-hydrogen) atoms. The molecule has 98 valence electrons. The van der Waals surface area contributed by atoms with Crippen molar-refractivity contribution in [1.29, 1.82) is 0 Å². The second kappa shape index (κ2) is 5.14. The van der Waals surface area contributed by atoms with Crippen molar-refractivity contribution in [2.75, 3.05) is 18.6 Å². The van der Waals surface area contributed by atoms with E-state index in [1.54, 1.807) is 0 Å². The molecule has 2 nitrogen and oxygen atoms in total. The predicted octanol–water partition coefficient (Wildman–Crippen LogP) is 3.16. The van der Waals surface area contributed by atoms with E-state index in [1.165, 1.54) is 29.1 Å². The Labute approximate surface area is 113 Å². The van der Waals surface area contributed by atoms with Gasteiger partial charge >= 0.3 is 0 Å². The molecule has 1 fully saturated rings. The largest absolute Gasteiger partial charge is 0.490 e. The van der Waals surface area contributed by atoms with E-state index in [9.17, 15) is 0 Å². The molecule has 2 aliphatic rings. The zero-order valence-electron chi connectivity index (χ0n) is 11.1. The molecule has 1 aromatic rings. The SMILES string of the molecule is CNC1CC(C2CCSC2)Oc2ccc(C)cc21. The number of ether oxygens (including phenoxy) is 1. The Morgan fingerprint density at radius 2 is 2.28 bits per heavy atom. The van der Waals surface area contributed by atoms with Crippen LogP contribution in [-0.4, -0.2) is 24.7 Å². The van der Waals surface area contributed by atoms with Gasteiger partial charge in [-0.25, -0.2) is 0 Å². The average molecular weight is 263 g/mol. The Morgan fingerprint density at radius 3 is 3.00 bits per heavy atom. The highest BCUT2D eigenvalue weighted by Crippen LogP contribution is 2.40. The Bertz CT molecular complexity index is 429. The van der Waals surface area contributed by atoms with Gasteiger partial charge in [0.05, 0.1) is 0 Å². The van der Waals surface area contributed by atoms with E-state index in [0.29, 0.717) is 12.1 Å². The minimum atomic E-state index is 0.396. The molecule has 1 saturated heterocycles. The molecule has 3 atom stereocenters. The van der Waals surface area contributed by atoms with E-state index in [4.69, 9.17) is 4.74 Å². The molecule has 0 spiro atoms. The van der Waals surface area contributed by atoms with E-state index < -0.39 is 0 Å². The molecule has 0 aliphatic carbocycles. The number of aryl methyl sites for hydroxylation is 1. The second-order valence-corrected chi connectivity index (χ2v) is 6.55. The van der Waals surface area contributed by atoms with Crippen LogP contribution in [0.1, 0.15) is 30.0 Å². The van der Waals surface area contributed by atoms with Gasteiger partial charge in [-0.2, -0.15) is 11.8 Å². The number of hydrogen-bond donors (Lipinski definition) is 1. The average Bonchev–Trinajstić information content (AvgIpc) is 2.91. The molecule has 3 heteroatoms. The molecule has 2 aliphatic heterocycles. The third-order valence-corrected chi connectivity index (χ3v) is 5.31. The molecule has 3 rings (SSSR count). The van der Waals surface area contributed by atoms with Crippen molar-refractivity contribution in [2.45, 2.75) is 31.9 Å². The quantitative estimate of drug-likeness (QED) is 0.885. The van der Waals surface area contributed by atoms with Crippen molar-refractivity contribution in [3.8, 4) is 5.75 Å². The fraction of sp³-hybridized carbons (Fsp3) is 0.600. The lowest BCUT2D eigenvalue weighted by atomic mass is 9.89. The van der Waals surface area contributed by atoms with Crippen LogP contribution in [0.5, 0.6) is 5.75 Å². The maximum absolute atomic E-state index is 6.25. The number of hydrogen-bond acceptors (Lipinski definition) is 3. The maximum atomic E-state index is 6.25. The Kier molecular flexibility index (Phi) is 3.53. The van der Waals surface area contributed by atoms with Crippen LogP contribution < -0.4 is 10.1 Å². The molecule has 0 radical (unpaired) electrons. The summed E-state index contributed by atoms with van der Waals surface area (Å²) >= 11 is 2.07. The van der Waals surface area contributed by atoms with Crippen LogP contribution in [0, 0.1) is 12.8 Å². The van der Waals surface area contributed by atoms with E-state index in [1.807, 2.05) is 0 Å². The Morgan fingerprint density at radius 1 is 1.39 bits per heavy atom. The van der Waals surface area contributed by atoms with Crippen LogP contribution in [0.3, 0.4) is 0 Å². The van der Waals surface area contributed by atoms with Gasteiger partial charge in [0, 0.05) is 23.9 Å². The smallest absolute Gasteiger partial charge is 0.124 e. The van der Waals surface area contributed by atoms with Crippen molar-refractivity contribution in [3.63, 3.8) is 0 Å². The number of benzene rings is 1. The molecule has 0 bridgehead atoms. The molecule has 0 aromatic heterocycles. The lowest BCUT2D eigenvalue weighted by Gasteiger charge is -2.35. The van der Waals surface area contributed by atoms with E-state index in [0.717, 1.165) is 18.1 Å². The van der Waals surface area contributed by atoms with Crippen molar-refractivity contribution in [2.24, 2.45) is 5.92 Å². The lowest BCUT2D eigenvalue weighted by molar-refractivity contribution is 0.104. The first-order chi connectivity index (χ1) is 8.78. The monoisotopic (exact) mass is 263 g/mol. The van der Waals surface area contributed by atoms with Gasteiger partial charge in [-0.1, -0.05) is 17.7 Å². The third-order valence-electron chi connectivity index (χ3n) is 4.13. The van der Waals surface area contributed by atoms with Gasteiger partial charge in [-0.05, 0) is 38.0 Å². The minimum Gasteiger partial charge on any atom is -0.490 e. The first-order valence-electron chi connectivity index (χ1n) is 6.80. The molecule has 1 aromatic carbocycles. The summed E-state index contributed by atoms with van der Waals surface area (Å²) in [6.07, 6.45) is 2.82. The first-order valence-corrected chi connectivity index (χ1v) is 7.95. The summed E-state index contributed by atoms with van der Waals surface area (Å²) in [4.78, 5) is 0. The van der Waals surface area contributed by atoms with Gasteiger partial charge in [0.15, 0.2) is 0 Å². The van der Waals surface area contributed by atoms with E-state index in [-0.39, 0.29) is 0 Å². The molecular weight excluding hydrogens is 242 g/mol. The molecule has 0 amide bonds. The van der Waals surface area contributed by atoms with E-state index >= 15 is 0 Å². The third kappa shape index (κ3) is 2.26. The summed E-state index contributed by atoms with van der Waals surface area (Å²) < 4.78 is 6.25. The fourth-order valence-corrected chi connectivity index (χ4v) is 4.35. The standard InChI is InChI=1S/C15H21NOS/c1-10-3-4-14-12(7-10)13(16-2)8-15(17-14)11-5-6-18-9-11/h3-4,7,11,13,15-16H,5-6,8-9H2,1-2H3. The molecular formula is C15H21NOS. The maximum Gasteiger partial charge on any atom is 0.124 e. The summed E-state index contributed by atoms with van der Waals surface area (Å²) in [5.41, 5.74) is 2.65. The van der Waals surface area contributed by atoms with Gasteiger partial charge in [-0.15, -0.1) is 0 Å². The number of rotatable bonds is 2. The van der Waals surface area contributed by atoms with Gasteiger partial charge in [0.25, 0.3) is 0 Å². The Balaban J connectivity index is 1.86. The molecule has 3 unspecified atom stereocenters. The van der Waals surface area contributed by atoms with E-state index in [2.05, 4.69) is 49.2 Å². The minimum absolute atomic E-state index is 0.396. The Hall–Kier alpha value is -0.670. The summed E-state index contributed by atoms with van der Waals surface area (Å²) in [6.45, 7) is 2.15. The normalized spacial score (nSPS) is 30.9. The number of fused-ring (bicyclic) bond motifs is 1. The van der Waals surface area contributed by atoms with Crippen LogP contribution in [0.15, 0.2) is 18.2 Å². The van der Waals surface area contributed by atoms with Crippen LogP contribution in [0.2, 0.25) is 0 Å². The first kappa shape index (κ1) is 12.4. The number of thioether (sulfide) groups is 1. The fourth-order valence-electron chi connectivity index (χ4n) is 3.03. The van der Waals surface area contributed by atoms with Crippen LogP contribution in [0.4, 0.5) is 0 Å². The highest BCUT2D eigenvalue weighted by molar-refractivity contribution is 7.99. The van der Waals surface area contributed by atoms with Crippen molar-refractivity contribution >= 4 is 11.8 Å². The zero-order chi connectivity index (χ0) is 12.5. The number of nitrogens with one attached hydrogen (secondary N) is 1. The van der Waals surface area contributed by atoms with Gasteiger partial charge in [0.1, 0.15) is 11.9 Å². The van der Waals surface area contributed by atoms with Crippen molar-refractivity contribution < 1.29 is 4.74 Å². The highest BCUT2D eigenvalue weighted by atomic mass is 32.2. The second-order valence-electron chi connectivity index (χ2n) is 5.40. The molecule has 1 N–H and O–H groups in total. The van der Waals surface area contributed by atoms with Crippen molar-refractivity contribution in [1.82, 2.24) is 5.32 Å². The van der Waals surface area contributed by atoms with Crippen LogP contribution >= 0.6 is 11.8 Å². The summed E-state index contributed by atoms with van der Waals surface area (Å²) in [6, 6.07) is 7.00. The topological polar surface area (TPSA) is 21.3 Å². The summed E-state index contributed by atoms with van der Waals surface area (Å²) in [5, 5.41) is 3.45. The molecule has 0 saturated carbocycles. The van der Waals surface area contributed by atoms with Gasteiger partial charge in [0.2, 0.25) is 0 Å². The van der Waals surface area contributed by atoms with Crippen LogP contribution in [0.25, 0.3) is 0 Å². The molecule has 2 heterocycles. The summed E-state index contributed by atoms with van der Waals surface area (Å²) in [7, 11) is 2.06. The van der Waals surface area contributed by atoms with Gasteiger partial charge in [-0.3, -0.25) is 0 Å². The highest BCUT2D eigenvalue weighted by Gasteiger charge is 2.34. The van der Waals surface area contributed by atoms with Crippen molar-refractivity contribution in [3.05, 3.63) is 29.3 Å². The van der Waals surface area contributed by atoms with Gasteiger partial charge < -0.3 is 10.1 Å².